The highest BCUT2D eigenvalue weighted by atomic mass is 32.2. The molecule has 1 heterocycles. The molecule has 0 fully saturated rings. The number of thioether (sulfide) groups is 1. The Morgan fingerprint density at radius 1 is 1.30 bits per heavy atom. The molecule has 20 heavy (non-hydrogen) atoms. The van der Waals surface area contributed by atoms with Gasteiger partial charge in [-0.25, -0.2) is 9.78 Å². The number of rotatable bonds is 5. The van der Waals surface area contributed by atoms with E-state index in [4.69, 9.17) is 10.5 Å². The van der Waals surface area contributed by atoms with Crippen molar-refractivity contribution in [1.29, 1.82) is 0 Å². The van der Waals surface area contributed by atoms with Crippen LogP contribution in [0.5, 0.6) is 0 Å². The second kappa shape index (κ2) is 6.96. The number of nitrogens with zero attached hydrogens (tertiary/aromatic N) is 1. The number of aromatic nitrogens is 1. The Bertz CT molecular complexity index is 588. The Labute approximate surface area is 122 Å². The number of hydrogen-bond acceptors (Lipinski definition) is 5. The molecule has 0 spiro atoms. The first-order valence-electron chi connectivity index (χ1n) is 6.30. The van der Waals surface area contributed by atoms with Crippen molar-refractivity contribution in [2.24, 2.45) is 0 Å². The van der Waals surface area contributed by atoms with Gasteiger partial charge in [0.25, 0.3) is 0 Å². The van der Waals surface area contributed by atoms with Gasteiger partial charge in [0.05, 0.1) is 17.9 Å². The number of carbonyl (C=O) groups excluding carboxylic acids is 1. The number of nitrogen functional groups attached to an aromatic ring is 1. The molecule has 104 valence electrons. The molecule has 0 saturated carbocycles. The van der Waals surface area contributed by atoms with Gasteiger partial charge in [0.15, 0.2) is 0 Å². The molecule has 0 atom stereocenters. The molecule has 0 radical (unpaired) electrons. The Balaban J connectivity index is 2.12. The molecule has 2 aromatic rings. The van der Waals surface area contributed by atoms with E-state index < -0.39 is 5.97 Å². The maximum atomic E-state index is 11.8. The Morgan fingerprint density at radius 3 is 2.75 bits per heavy atom. The number of nitrogens with two attached hydrogens (primary N) is 1. The van der Waals surface area contributed by atoms with Crippen molar-refractivity contribution in [2.45, 2.75) is 17.7 Å². The molecule has 5 heteroatoms. The number of ether oxygens (including phenoxy) is 1. The first-order chi connectivity index (χ1) is 9.72. The first kappa shape index (κ1) is 14.4. The smallest absolute Gasteiger partial charge is 0.340 e. The minimum atomic E-state index is -0.408. The zero-order valence-corrected chi connectivity index (χ0v) is 12.0. The lowest BCUT2D eigenvalue weighted by atomic mass is 10.2. The second-order valence-electron chi connectivity index (χ2n) is 4.07. The van der Waals surface area contributed by atoms with Gasteiger partial charge in [-0.1, -0.05) is 42.1 Å². The molecule has 2 rings (SSSR count). The number of hydrogen-bond donors (Lipinski definition) is 1. The largest absolute Gasteiger partial charge is 0.462 e. The number of anilines is 1. The summed E-state index contributed by atoms with van der Waals surface area (Å²) in [6, 6.07) is 11.6. The minimum Gasteiger partial charge on any atom is -0.462 e. The zero-order chi connectivity index (χ0) is 14.4. The predicted octanol–water partition coefficient (Wildman–Crippen LogP) is 3.13. The predicted molar refractivity (Wildman–Crippen MR) is 80.6 cm³/mol. The van der Waals surface area contributed by atoms with Crippen LogP contribution < -0.4 is 5.73 Å². The molecule has 1 aromatic carbocycles. The Morgan fingerprint density at radius 2 is 2.05 bits per heavy atom. The average Bonchev–Trinajstić information content (AvgIpc) is 2.47. The van der Waals surface area contributed by atoms with Crippen molar-refractivity contribution in [2.75, 3.05) is 12.3 Å². The average molecular weight is 288 g/mol. The molecule has 0 aliphatic rings. The van der Waals surface area contributed by atoms with Crippen LogP contribution in [0.25, 0.3) is 0 Å². The van der Waals surface area contributed by atoms with Crippen LogP contribution in [0.3, 0.4) is 0 Å². The monoisotopic (exact) mass is 288 g/mol. The van der Waals surface area contributed by atoms with Crippen molar-refractivity contribution < 1.29 is 9.53 Å². The molecule has 0 aliphatic heterocycles. The van der Waals surface area contributed by atoms with Crippen LogP contribution in [-0.4, -0.2) is 17.6 Å². The molecular formula is C15H16N2O2S. The Hall–Kier alpha value is -2.01. The highest BCUT2D eigenvalue weighted by molar-refractivity contribution is 7.98. The molecule has 2 N–H and O–H groups in total. The summed E-state index contributed by atoms with van der Waals surface area (Å²) in [6.45, 7) is 2.09. The summed E-state index contributed by atoms with van der Waals surface area (Å²) in [5.41, 5.74) is 7.93. The number of pyridine rings is 1. The lowest BCUT2D eigenvalue weighted by molar-refractivity contribution is 0.0527. The van der Waals surface area contributed by atoms with E-state index in [2.05, 4.69) is 4.98 Å². The quantitative estimate of drug-likeness (QED) is 0.676. The standard InChI is InChI=1S/C15H16N2O2S/c1-2-19-15(18)12-8-9-17-14(13(12)16)20-10-11-6-4-3-5-7-11/h3-9H,2,10,16H2,1H3. The van der Waals surface area contributed by atoms with E-state index in [1.807, 2.05) is 30.3 Å². The normalized spacial score (nSPS) is 10.2. The molecule has 0 amide bonds. The van der Waals surface area contributed by atoms with Crippen LogP contribution in [0.2, 0.25) is 0 Å². The Kier molecular flexibility index (Phi) is 5.01. The molecule has 4 nitrogen and oxygen atoms in total. The third-order valence-corrected chi connectivity index (χ3v) is 3.74. The maximum absolute atomic E-state index is 11.8. The van der Waals surface area contributed by atoms with Gasteiger partial charge in [0.1, 0.15) is 5.03 Å². The van der Waals surface area contributed by atoms with Crippen LogP contribution in [-0.2, 0) is 10.5 Å². The summed E-state index contributed by atoms with van der Waals surface area (Å²) in [7, 11) is 0. The van der Waals surface area contributed by atoms with Crippen LogP contribution in [0.15, 0.2) is 47.6 Å². The van der Waals surface area contributed by atoms with E-state index >= 15 is 0 Å². The molecule has 0 saturated heterocycles. The van der Waals surface area contributed by atoms with E-state index in [1.54, 1.807) is 19.2 Å². The van der Waals surface area contributed by atoms with E-state index in [9.17, 15) is 4.79 Å². The van der Waals surface area contributed by atoms with Gasteiger partial charge in [0.2, 0.25) is 0 Å². The number of carbonyl (C=O) groups is 1. The maximum Gasteiger partial charge on any atom is 0.340 e. The summed E-state index contributed by atoms with van der Waals surface area (Å²) >= 11 is 1.51. The fraction of sp³-hybridized carbons (Fsp3) is 0.200. The number of benzene rings is 1. The third kappa shape index (κ3) is 3.51. The van der Waals surface area contributed by atoms with Gasteiger partial charge in [-0.2, -0.15) is 0 Å². The third-order valence-electron chi connectivity index (χ3n) is 2.67. The molecule has 0 aliphatic carbocycles. The van der Waals surface area contributed by atoms with E-state index in [0.717, 1.165) is 5.75 Å². The zero-order valence-electron chi connectivity index (χ0n) is 11.2. The molecule has 0 bridgehead atoms. The van der Waals surface area contributed by atoms with Gasteiger partial charge in [0, 0.05) is 11.9 Å². The van der Waals surface area contributed by atoms with Crippen LogP contribution in [0.1, 0.15) is 22.8 Å². The number of esters is 1. The van der Waals surface area contributed by atoms with Gasteiger partial charge in [-0.3, -0.25) is 0 Å². The summed E-state index contributed by atoms with van der Waals surface area (Å²) in [4.78, 5) is 16.0. The van der Waals surface area contributed by atoms with Crippen molar-refractivity contribution in [1.82, 2.24) is 4.98 Å². The minimum absolute atomic E-state index is 0.326. The van der Waals surface area contributed by atoms with Gasteiger partial charge < -0.3 is 10.5 Å². The van der Waals surface area contributed by atoms with Crippen LogP contribution in [0.4, 0.5) is 5.69 Å². The highest BCUT2D eigenvalue weighted by Crippen LogP contribution is 2.28. The van der Waals surface area contributed by atoms with Crippen molar-refractivity contribution in [3.63, 3.8) is 0 Å². The fourth-order valence-electron chi connectivity index (χ4n) is 1.68. The molecular weight excluding hydrogens is 272 g/mol. The summed E-state index contributed by atoms with van der Waals surface area (Å²) in [5, 5.41) is 0.652. The van der Waals surface area contributed by atoms with E-state index in [0.29, 0.717) is 22.9 Å². The topological polar surface area (TPSA) is 65.2 Å². The highest BCUT2D eigenvalue weighted by Gasteiger charge is 2.14. The lowest BCUT2D eigenvalue weighted by Crippen LogP contribution is -2.09. The molecule has 0 unspecified atom stereocenters. The van der Waals surface area contributed by atoms with Crippen LogP contribution >= 0.6 is 11.8 Å². The van der Waals surface area contributed by atoms with E-state index in [1.165, 1.54) is 17.3 Å². The van der Waals surface area contributed by atoms with Crippen LogP contribution in [0, 0.1) is 0 Å². The lowest BCUT2D eigenvalue weighted by Gasteiger charge is -2.09. The van der Waals surface area contributed by atoms with Crippen molar-refractivity contribution >= 4 is 23.4 Å². The summed E-state index contributed by atoms with van der Waals surface area (Å²) < 4.78 is 4.97. The fourth-order valence-corrected chi connectivity index (χ4v) is 2.58. The summed E-state index contributed by atoms with van der Waals surface area (Å²) in [5.74, 6) is 0.346. The second-order valence-corrected chi connectivity index (χ2v) is 5.04. The van der Waals surface area contributed by atoms with Crippen molar-refractivity contribution in [3.05, 3.63) is 53.7 Å². The van der Waals surface area contributed by atoms with Gasteiger partial charge >= 0.3 is 5.97 Å². The van der Waals surface area contributed by atoms with E-state index in [-0.39, 0.29) is 0 Å². The molecule has 1 aromatic heterocycles. The summed E-state index contributed by atoms with van der Waals surface area (Å²) in [6.07, 6.45) is 1.58. The SMILES string of the molecule is CCOC(=O)c1ccnc(SCc2ccccc2)c1N. The first-order valence-corrected chi connectivity index (χ1v) is 7.29. The van der Waals surface area contributed by atoms with Crippen molar-refractivity contribution in [3.8, 4) is 0 Å². The van der Waals surface area contributed by atoms with Gasteiger partial charge in [-0.05, 0) is 18.6 Å². The van der Waals surface area contributed by atoms with Gasteiger partial charge in [-0.15, -0.1) is 0 Å².